The summed E-state index contributed by atoms with van der Waals surface area (Å²) in [6, 6.07) is -1.07. The Balaban J connectivity index is 4.28. The number of amides is 1. The first-order chi connectivity index (χ1) is 8.11. The number of rotatable bonds is 8. The van der Waals surface area contributed by atoms with E-state index in [1.165, 1.54) is 0 Å². The molecule has 1 amide bonds. The van der Waals surface area contributed by atoms with E-state index in [-0.39, 0.29) is 24.8 Å². The lowest BCUT2D eigenvalue weighted by molar-refractivity contribution is -0.141. The second kappa shape index (κ2) is 7.32. The summed E-state index contributed by atoms with van der Waals surface area (Å²) in [4.78, 5) is 22.3. The van der Waals surface area contributed by atoms with Crippen molar-refractivity contribution in [2.75, 3.05) is 18.6 Å². The Morgan fingerprint density at radius 2 is 1.83 bits per heavy atom. The predicted molar refractivity (Wildman–Crippen MR) is 67.0 cm³/mol. The molecule has 0 saturated heterocycles. The van der Waals surface area contributed by atoms with E-state index in [9.17, 15) is 18.0 Å². The third kappa shape index (κ3) is 8.94. The van der Waals surface area contributed by atoms with Gasteiger partial charge in [0.1, 0.15) is 15.9 Å². The Labute approximate surface area is 107 Å². The molecule has 18 heavy (non-hydrogen) atoms. The molecular weight excluding hydrogens is 260 g/mol. The van der Waals surface area contributed by atoms with Crippen molar-refractivity contribution in [2.45, 2.75) is 32.4 Å². The summed E-state index contributed by atoms with van der Waals surface area (Å²) in [5.74, 6) is -1.98. The summed E-state index contributed by atoms with van der Waals surface area (Å²) in [7, 11) is -3.24. The third-order valence-electron chi connectivity index (χ3n) is 2.08. The summed E-state index contributed by atoms with van der Waals surface area (Å²) in [5.41, 5.74) is 0. The number of carboxylic acids is 1. The molecule has 8 heteroatoms. The zero-order valence-corrected chi connectivity index (χ0v) is 11.6. The number of hydrogen-bond donors (Lipinski definition) is 3. The molecule has 0 aliphatic rings. The molecule has 0 aliphatic carbocycles. The number of carbonyl (C=O) groups is 2. The second-order valence-electron chi connectivity index (χ2n) is 4.41. The molecular formula is C10H20N2O5S. The molecule has 1 atom stereocenters. The van der Waals surface area contributed by atoms with Gasteiger partial charge in [0.25, 0.3) is 0 Å². The Kier molecular flexibility index (Phi) is 6.85. The van der Waals surface area contributed by atoms with Crippen LogP contribution >= 0.6 is 0 Å². The standard InChI is InChI=1S/C10H20N2O5S/c1-7(2)11-6-9(13)12-8(10(14)15)4-5-18(3,16)17/h7-8,11H,4-6H2,1-3H3,(H,12,13)(H,14,15). The summed E-state index contributed by atoms with van der Waals surface area (Å²) in [6.45, 7) is 3.71. The van der Waals surface area contributed by atoms with Crippen molar-refractivity contribution >= 4 is 21.7 Å². The van der Waals surface area contributed by atoms with Crippen molar-refractivity contribution in [1.82, 2.24) is 10.6 Å². The highest BCUT2D eigenvalue weighted by atomic mass is 32.2. The highest BCUT2D eigenvalue weighted by Gasteiger charge is 2.21. The largest absolute Gasteiger partial charge is 0.480 e. The first kappa shape index (κ1) is 16.9. The Bertz CT molecular complexity index is 391. The monoisotopic (exact) mass is 280 g/mol. The van der Waals surface area contributed by atoms with Crippen molar-refractivity contribution < 1.29 is 23.1 Å². The van der Waals surface area contributed by atoms with Crippen LogP contribution in [0.4, 0.5) is 0 Å². The quantitative estimate of drug-likeness (QED) is 0.525. The number of sulfone groups is 1. The van der Waals surface area contributed by atoms with Gasteiger partial charge in [0.15, 0.2) is 0 Å². The summed E-state index contributed by atoms with van der Waals surface area (Å²) < 4.78 is 21.9. The molecule has 0 fully saturated rings. The van der Waals surface area contributed by atoms with Gasteiger partial charge in [0, 0.05) is 12.3 Å². The fraction of sp³-hybridized carbons (Fsp3) is 0.800. The van der Waals surface area contributed by atoms with E-state index >= 15 is 0 Å². The SMILES string of the molecule is CC(C)NCC(=O)NC(CCS(C)(=O)=O)C(=O)O. The smallest absolute Gasteiger partial charge is 0.326 e. The zero-order valence-electron chi connectivity index (χ0n) is 10.8. The van der Waals surface area contributed by atoms with Gasteiger partial charge in [-0.1, -0.05) is 13.8 Å². The lowest BCUT2D eigenvalue weighted by Gasteiger charge is -2.15. The molecule has 0 heterocycles. The minimum absolute atomic E-state index is 0.000319. The molecule has 0 saturated carbocycles. The Morgan fingerprint density at radius 1 is 1.28 bits per heavy atom. The molecule has 0 aliphatic heterocycles. The van der Waals surface area contributed by atoms with Gasteiger partial charge in [-0.05, 0) is 6.42 Å². The number of carbonyl (C=O) groups excluding carboxylic acids is 1. The Morgan fingerprint density at radius 3 is 2.22 bits per heavy atom. The van der Waals surface area contributed by atoms with Crippen LogP contribution in [-0.4, -0.2) is 56.0 Å². The molecule has 0 spiro atoms. The van der Waals surface area contributed by atoms with Gasteiger partial charge in [-0.3, -0.25) is 4.79 Å². The molecule has 1 unspecified atom stereocenters. The van der Waals surface area contributed by atoms with Crippen LogP contribution in [0.15, 0.2) is 0 Å². The average molecular weight is 280 g/mol. The zero-order chi connectivity index (χ0) is 14.3. The lowest BCUT2D eigenvalue weighted by Crippen LogP contribution is -2.46. The fourth-order valence-corrected chi connectivity index (χ4v) is 1.80. The van der Waals surface area contributed by atoms with Crippen molar-refractivity contribution in [2.24, 2.45) is 0 Å². The van der Waals surface area contributed by atoms with Crippen LogP contribution in [0.2, 0.25) is 0 Å². The van der Waals surface area contributed by atoms with Crippen molar-refractivity contribution in [3.8, 4) is 0 Å². The number of aliphatic carboxylic acids is 1. The predicted octanol–water partition coefficient (Wildman–Crippen LogP) is -1.01. The summed E-state index contributed by atoms with van der Waals surface area (Å²) in [5, 5.41) is 14.0. The van der Waals surface area contributed by atoms with Gasteiger partial charge in [-0.15, -0.1) is 0 Å². The van der Waals surface area contributed by atoms with E-state index in [4.69, 9.17) is 5.11 Å². The molecule has 0 radical (unpaired) electrons. The van der Waals surface area contributed by atoms with Gasteiger partial charge < -0.3 is 15.7 Å². The van der Waals surface area contributed by atoms with Gasteiger partial charge in [0.2, 0.25) is 5.91 Å². The van der Waals surface area contributed by atoms with Crippen LogP contribution in [0.3, 0.4) is 0 Å². The highest BCUT2D eigenvalue weighted by molar-refractivity contribution is 7.90. The van der Waals surface area contributed by atoms with E-state index in [2.05, 4.69) is 10.6 Å². The van der Waals surface area contributed by atoms with E-state index in [1.807, 2.05) is 13.8 Å². The van der Waals surface area contributed by atoms with Crippen LogP contribution in [0.25, 0.3) is 0 Å². The van der Waals surface area contributed by atoms with Crippen LogP contribution in [0.1, 0.15) is 20.3 Å². The molecule has 0 aromatic heterocycles. The molecule has 0 aromatic carbocycles. The molecule has 0 rings (SSSR count). The normalized spacial score (nSPS) is 13.3. The van der Waals surface area contributed by atoms with Gasteiger partial charge in [0.05, 0.1) is 12.3 Å². The first-order valence-corrected chi connectivity index (χ1v) is 7.61. The molecule has 3 N–H and O–H groups in total. The van der Waals surface area contributed by atoms with Crippen LogP contribution in [-0.2, 0) is 19.4 Å². The number of nitrogens with one attached hydrogen (secondary N) is 2. The van der Waals surface area contributed by atoms with Gasteiger partial charge in [-0.25, -0.2) is 13.2 Å². The van der Waals surface area contributed by atoms with Gasteiger partial charge >= 0.3 is 5.97 Å². The number of hydrogen-bond acceptors (Lipinski definition) is 5. The van der Waals surface area contributed by atoms with Crippen molar-refractivity contribution in [1.29, 1.82) is 0 Å². The van der Waals surface area contributed by atoms with Crippen LogP contribution in [0, 0.1) is 0 Å². The van der Waals surface area contributed by atoms with Crippen molar-refractivity contribution in [3.05, 3.63) is 0 Å². The molecule has 0 aromatic rings. The van der Waals surface area contributed by atoms with E-state index in [0.717, 1.165) is 6.26 Å². The maximum Gasteiger partial charge on any atom is 0.326 e. The van der Waals surface area contributed by atoms with Crippen LogP contribution in [0.5, 0.6) is 0 Å². The van der Waals surface area contributed by atoms with Gasteiger partial charge in [-0.2, -0.15) is 0 Å². The van der Waals surface area contributed by atoms with E-state index < -0.39 is 27.8 Å². The highest BCUT2D eigenvalue weighted by Crippen LogP contribution is 1.97. The third-order valence-corrected chi connectivity index (χ3v) is 3.06. The maximum absolute atomic E-state index is 11.4. The van der Waals surface area contributed by atoms with Crippen molar-refractivity contribution in [3.63, 3.8) is 0 Å². The van der Waals surface area contributed by atoms with E-state index in [1.54, 1.807) is 0 Å². The van der Waals surface area contributed by atoms with Crippen LogP contribution < -0.4 is 10.6 Å². The molecule has 7 nitrogen and oxygen atoms in total. The summed E-state index contributed by atoms with van der Waals surface area (Å²) >= 11 is 0. The minimum Gasteiger partial charge on any atom is -0.480 e. The lowest BCUT2D eigenvalue weighted by atomic mass is 10.2. The Hall–Kier alpha value is -1.15. The maximum atomic E-state index is 11.4. The number of carboxylic acid groups (broad SMARTS) is 1. The topological polar surface area (TPSA) is 113 Å². The molecule has 0 bridgehead atoms. The minimum atomic E-state index is -3.24. The summed E-state index contributed by atoms with van der Waals surface area (Å²) in [6.07, 6.45) is 0.885. The van der Waals surface area contributed by atoms with E-state index in [0.29, 0.717) is 0 Å². The molecule has 106 valence electrons. The average Bonchev–Trinajstić information content (AvgIpc) is 2.19. The first-order valence-electron chi connectivity index (χ1n) is 5.55. The fourth-order valence-electron chi connectivity index (χ4n) is 1.13. The second-order valence-corrected chi connectivity index (χ2v) is 6.67.